The molecule has 0 spiro atoms. The zero-order valence-electron chi connectivity index (χ0n) is 20.4. The molecule has 7 nitrogen and oxygen atoms in total. The van der Waals surface area contributed by atoms with Crippen LogP contribution in [0.4, 0.5) is 0 Å². The van der Waals surface area contributed by atoms with Crippen LogP contribution in [0.1, 0.15) is 41.3 Å². The standard InChI is InChI=1S/C27H28Cl2N2O5/c1-17(2)12-31(27(33)22-8-6-20(28)11-23(22)29)15-26(32)30(14-21-7-4-18(3)36-21)13-19-5-9-24-25(10-19)35-16-34-24/h4-11,17H,12-16H2,1-3H3. The lowest BCUT2D eigenvalue weighted by atomic mass is 10.1. The number of halogens is 2. The summed E-state index contributed by atoms with van der Waals surface area (Å²) in [4.78, 5) is 30.2. The van der Waals surface area contributed by atoms with E-state index < -0.39 is 0 Å². The monoisotopic (exact) mass is 530 g/mol. The highest BCUT2D eigenvalue weighted by Gasteiger charge is 2.26. The molecule has 1 aromatic heterocycles. The number of nitrogens with zero attached hydrogens (tertiary/aromatic N) is 2. The van der Waals surface area contributed by atoms with Gasteiger partial charge in [-0.15, -0.1) is 0 Å². The Kier molecular flexibility index (Phi) is 8.11. The summed E-state index contributed by atoms with van der Waals surface area (Å²) in [5.74, 6) is 2.33. The lowest BCUT2D eigenvalue weighted by Gasteiger charge is -2.29. The molecular weight excluding hydrogens is 503 g/mol. The van der Waals surface area contributed by atoms with Crippen molar-refractivity contribution >= 4 is 35.0 Å². The Morgan fingerprint density at radius 3 is 2.42 bits per heavy atom. The maximum absolute atomic E-state index is 13.6. The fourth-order valence-corrected chi connectivity index (χ4v) is 4.50. The molecule has 0 bridgehead atoms. The summed E-state index contributed by atoms with van der Waals surface area (Å²) in [5, 5.41) is 0.684. The van der Waals surface area contributed by atoms with Crippen molar-refractivity contribution < 1.29 is 23.5 Å². The molecule has 2 amide bonds. The second kappa shape index (κ2) is 11.3. The number of furan rings is 1. The Bertz CT molecular complexity index is 1260. The van der Waals surface area contributed by atoms with Crippen molar-refractivity contribution in [1.82, 2.24) is 9.80 Å². The van der Waals surface area contributed by atoms with E-state index in [1.165, 1.54) is 11.0 Å². The topological polar surface area (TPSA) is 72.2 Å². The van der Waals surface area contributed by atoms with E-state index in [9.17, 15) is 9.59 Å². The van der Waals surface area contributed by atoms with Crippen molar-refractivity contribution in [3.8, 4) is 11.5 Å². The number of hydrogen-bond donors (Lipinski definition) is 0. The normalized spacial score (nSPS) is 12.2. The first-order valence-electron chi connectivity index (χ1n) is 11.7. The Hall–Kier alpha value is -3.16. The summed E-state index contributed by atoms with van der Waals surface area (Å²) in [6.07, 6.45) is 0. The number of ether oxygens (including phenoxy) is 2. The van der Waals surface area contributed by atoms with E-state index in [1.54, 1.807) is 17.0 Å². The third-order valence-electron chi connectivity index (χ3n) is 5.67. The fourth-order valence-electron chi connectivity index (χ4n) is 4.01. The maximum atomic E-state index is 13.6. The largest absolute Gasteiger partial charge is 0.464 e. The minimum absolute atomic E-state index is 0.111. The third-order valence-corrected chi connectivity index (χ3v) is 6.21. The lowest BCUT2D eigenvalue weighted by molar-refractivity contribution is -0.133. The molecule has 0 aliphatic carbocycles. The number of benzene rings is 2. The second-order valence-corrected chi connectivity index (χ2v) is 10.00. The van der Waals surface area contributed by atoms with Gasteiger partial charge in [-0.2, -0.15) is 0 Å². The highest BCUT2D eigenvalue weighted by Crippen LogP contribution is 2.33. The first kappa shape index (κ1) is 25.9. The predicted molar refractivity (Wildman–Crippen MR) is 137 cm³/mol. The van der Waals surface area contributed by atoms with Gasteiger partial charge in [0, 0.05) is 18.1 Å². The summed E-state index contributed by atoms with van der Waals surface area (Å²) in [7, 11) is 0. The van der Waals surface area contributed by atoms with Crippen LogP contribution >= 0.6 is 23.2 Å². The number of fused-ring (bicyclic) bond motifs is 1. The van der Waals surface area contributed by atoms with Gasteiger partial charge in [-0.25, -0.2) is 0 Å². The Morgan fingerprint density at radius 2 is 1.72 bits per heavy atom. The van der Waals surface area contributed by atoms with Crippen molar-refractivity contribution in [2.24, 2.45) is 5.92 Å². The van der Waals surface area contributed by atoms with Gasteiger partial charge in [0.25, 0.3) is 5.91 Å². The molecule has 2 heterocycles. The minimum atomic E-state index is -0.324. The summed E-state index contributed by atoms with van der Waals surface area (Å²) in [6, 6.07) is 14.0. The molecule has 190 valence electrons. The quantitative estimate of drug-likeness (QED) is 0.341. The Labute approximate surface area is 220 Å². The molecule has 0 atom stereocenters. The Morgan fingerprint density at radius 1 is 0.944 bits per heavy atom. The minimum Gasteiger partial charge on any atom is -0.464 e. The zero-order chi connectivity index (χ0) is 25.8. The number of carbonyl (C=O) groups excluding carboxylic acids is 2. The van der Waals surface area contributed by atoms with Crippen LogP contribution in [-0.2, 0) is 17.9 Å². The van der Waals surface area contributed by atoms with Gasteiger partial charge in [-0.05, 0) is 60.9 Å². The molecule has 0 fully saturated rings. The summed E-state index contributed by atoms with van der Waals surface area (Å²) in [5.41, 5.74) is 1.18. The summed E-state index contributed by atoms with van der Waals surface area (Å²) < 4.78 is 16.6. The van der Waals surface area contributed by atoms with Crippen molar-refractivity contribution in [3.05, 3.63) is 81.2 Å². The molecule has 0 radical (unpaired) electrons. The molecule has 3 aromatic rings. The van der Waals surface area contributed by atoms with Crippen LogP contribution in [0.15, 0.2) is 52.9 Å². The van der Waals surface area contributed by atoms with E-state index in [0.29, 0.717) is 40.9 Å². The number of amides is 2. The fraction of sp³-hybridized carbons (Fsp3) is 0.333. The van der Waals surface area contributed by atoms with Crippen LogP contribution in [0.25, 0.3) is 0 Å². The molecule has 0 unspecified atom stereocenters. The van der Waals surface area contributed by atoms with Crippen molar-refractivity contribution in [2.45, 2.75) is 33.9 Å². The lowest BCUT2D eigenvalue weighted by Crippen LogP contribution is -2.44. The van der Waals surface area contributed by atoms with Gasteiger partial charge in [0.1, 0.15) is 18.1 Å². The maximum Gasteiger partial charge on any atom is 0.255 e. The average Bonchev–Trinajstić information content (AvgIpc) is 3.45. The van der Waals surface area contributed by atoms with E-state index in [2.05, 4.69) is 0 Å². The third kappa shape index (κ3) is 6.33. The van der Waals surface area contributed by atoms with Gasteiger partial charge < -0.3 is 23.7 Å². The Balaban J connectivity index is 1.57. The first-order chi connectivity index (χ1) is 17.2. The van der Waals surface area contributed by atoms with Crippen molar-refractivity contribution in [1.29, 1.82) is 0 Å². The smallest absolute Gasteiger partial charge is 0.255 e. The van der Waals surface area contributed by atoms with Crippen LogP contribution in [0.2, 0.25) is 10.0 Å². The number of hydrogen-bond acceptors (Lipinski definition) is 5. The number of carbonyl (C=O) groups is 2. The van der Waals surface area contributed by atoms with E-state index in [1.807, 2.05) is 51.1 Å². The number of aryl methyl sites for hydroxylation is 1. The van der Waals surface area contributed by atoms with Crippen LogP contribution in [0, 0.1) is 12.8 Å². The predicted octanol–water partition coefficient (Wildman–Crippen LogP) is 5.95. The second-order valence-electron chi connectivity index (χ2n) is 9.15. The molecule has 2 aromatic carbocycles. The van der Waals surface area contributed by atoms with E-state index in [0.717, 1.165) is 11.3 Å². The molecule has 0 saturated carbocycles. The average molecular weight is 531 g/mol. The van der Waals surface area contributed by atoms with Gasteiger partial charge in [-0.1, -0.05) is 43.1 Å². The van der Waals surface area contributed by atoms with Gasteiger partial charge in [0.2, 0.25) is 12.7 Å². The highest BCUT2D eigenvalue weighted by atomic mass is 35.5. The van der Waals surface area contributed by atoms with Crippen LogP contribution < -0.4 is 9.47 Å². The van der Waals surface area contributed by atoms with Crippen molar-refractivity contribution in [2.75, 3.05) is 19.9 Å². The molecule has 4 rings (SSSR count). The van der Waals surface area contributed by atoms with Crippen LogP contribution in [0.5, 0.6) is 11.5 Å². The van der Waals surface area contributed by atoms with E-state index >= 15 is 0 Å². The molecule has 1 aliphatic heterocycles. The molecule has 36 heavy (non-hydrogen) atoms. The zero-order valence-corrected chi connectivity index (χ0v) is 21.9. The van der Waals surface area contributed by atoms with Gasteiger partial charge in [0.15, 0.2) is 11.5 Å². The molecule has 0 N–H and O–H groups in total. The molecule has 9 heteroatoms. The van der Waals surface area contributed by atoms with Gasteiger partial charge in [0.05, 0.1) is 17.1 Å². The van der Waals surface area contributed by atoms with Crippen molar-refractivity contribution in [3.63, 3.8) is 0 Å². The molecule has 0 saturated heterocycles. The molecular formula is C27H28Cl2N2O5. The van der Waals surface area contributed by atoms with E-state index in [-0.39, 0.29) is 42.6 Å². The molecule has 1 aliphatic rings. The van der Waals surface area contributed by atoms with Gasteiger partial charge >= 0.3 is 0 Å². The van der Waals surface area contributed by atoms with E-state index in [4.69, 9.17) is 37.1 Å². The number of rotatable bonds is 9. The highest BCUT2D eigenvalue weighted by molar-refractivity contribution is 6.36. The summed E-state index contributed by atoms with van der Waals surface area (Å²) in [6.45, 7) is 6.85. The summed E-state index contributed by atoms with van der Waals surface area (Å²) >= 11 is 12.3. The first-order valence-corrected chi connectivity index (χ1v) is 12.4. The van der Waals surface area contributed by atoms with Crippen LogP contribution in [0.3, 0.4) is 0 Å². The van der Waals surface area contributed by atoms with Gasteiger partial charge in [-0.3, -0.25) is 9.59 Å². The van der Waals surface area contributed by atoms with Crippen LogP contribution in [-0.4, -0.2) is 41.5 Å². The SMILES string of the molecule is Cc1ccc(CN(Cc2ccc3c(c2)OCO3)C(=O)CN(CC(C)C)C(=O)c2ccc(Cl)cc2Cl)o1.